The first-order valence-electron chi connectivity index (χ1n) is 7.59. The fourth-order valence-electron chi connectivity index (χ4n) is 3.04. The van der Waals surface area contributed by atoms with Crippen LogP contribution in [0, 0.1) is 12.7 Å². The summed E-state index contributed by atoms with van der Waals surface area (Å²) in [6.07, 6.45) is 3.30. The van der Waals surface area contributed by atoms with Gasteiger partial charge in [0.1, 0.15) is 5.82 Å². The smallest absolute Gasteiger partial charge is 0.229 e. The van der Waals surface area contributed by atoms with Crippen molar-refractivity contribution in [3.63, 3.8) is 0 Å². The van der Waals surface area contributed by atoms with E-state index in [4.69, 9.17) is 0 Å². The van der Waals surface area contributed by atoms with Crippen molar-refractivity contribution in [2.45, 2.75) is 38.6 Å². The Labute approximate surface area is 133 Å². The highest BCUT2D eigenvalue weighted by Crippen LogP contribution is 2.31. The molecule has 0 radical (unpaired) electrons. The van der Waals surface area contributed by atoms with Crippen LogP contribution in [-0.4, -0.2) is 22.3 Å². The lowest BCUT2D eigenvalue weighted by molar-refractivity contribution is -0.134. The van der Waals surface area contributed by atoms with E-state index in [0.717, 1.165) is 42.1 Å². The fraction of sp³-hybridized carbons (Fsp3) is 0.412. The van der Waals surface area contributed by atoms with Crippen LogP contribution in [0.4, 0.5) is 4.39 Å². The third kappa shape index (κ3) is 3.35. The Morgan fingerprint density at radius 2 is 2.32 bits per heavy atom. The topological polar surface area (TPSA) is 33.2 Å². The third-order valence-corrected chi connectivity index (χ3v) is 4.88. The van der Waals surface area contributed by atoms with Gasteiger partial charge in [-0.2, -0.15) is 0 Å². The van der Waals surface area contributed by atoms with Crippen LogP contribution in [0.2, 0.25) is 0 Å². The van der Waals surface area contributed by atoms with E-state index in [9.17, 15) is 9.18 Å². The molecule has 1 amide bonds. The Bertz CT molecular complexity index is 670. The summed E-state index contributed by atoms with van der Waals surface area (Å²) in [4.78, 5) is 18.9. The lowest BCUT2D eigenvalue weighted by atomic mass is 9.94. The van der Waals surface area contributed by atoms with E-state index in [-0.39, 0.29) is 17.8 Å². The normalized spacial score (nSPS) is 18.5. The van der Waals surface area contributed by atoms with Crippen LogP contribution in [0.25, 0.3) is 0 Å². The standard InChI is InChI=1S/C17H19FN2OS/c1-12-19-15(11-22-12)10-17(21)20-8-3-2-7-16(20)13-5-4-6-14(18)9-13/h4-6,9,11,16H,2-3,7-8,10H2,1H3/t16-/m0/s1. The van der Waals surface area contributed by atoms with Crippen LogP contribution in [0.3, 0.4) is 0 Å². The van der Waals surface area contributed by atoms with Crippen molar-refractivity contribution in [1.29, 1.82) is 0 Å². The van der Waals surface area contributed by atoms with Gasteiger partial charge in [-0.15, -0.1) is 11.3 Å². The molecular weight excluding hydrogens is 299 g/mol. The summed E-state index contributed by atoms with van der Waals surface area (Å²) in [7, 11) is 0. The minimum atomic E-state index is -0.245. The Kier molecular flexibility index (Phi) is 4.52. The number of aromatic nitrogens is 1. The van der Waals surface area contributed by atoms with Gasteiger partial charge < -0.3 is 4.90 Å². The van der Waals surface area contributed by atoms with E-state index in [1.54, 1.807) is 23.5 Å². The van der Waals surface area contributed by atoms with Crippen molar-refractivity contribution in [2.75, 3.05) is 6.54 Å². The minimum absolute atomic E-state index is 0.0170. The van der Waals surface area contributed by atoms with Crippen molar-refractivity contribution in [3.05, 3.63) is 51.7 Å². The van der Waals surface area contributed by atoms with Crippen molar-refractivity contribution >= 4 is 17.2 Å². The molecule has 1 aliphatic rings. The van der Waals surface area contributed by atoms with Gasteiger partial charge in [-0.1, -0.05) is 12.1 Å². The summed E-state index contributed by atoms with van der Waals surface area (Å²) in [6, 6.07) is 6.59. The second kappa shape index (κ2) is 6.57. The van der Waals surface area contributed by atoms with Gasteiger partial charge in [0.15, 0.2) is 0 Å². The summed E-state index contributed by atoms with van der Waals surface area (Å²) in [5, 5.41) is 2.91. The van der Waals surface area contributed by atoms with Crippen LogP contribution in [0.1, 0.15) is 41.6 Å². The predicted octanol–water partition coefficient (Wildman–Crippen LogP) is 3.89. The molecule has 1 aromatic carbocycles. The Morgan fingerprint density at radius 3 is 3.05 bits per heavy atom. The molecule has 1 aliphatic heterocycles. The van der Waals surface area contributed by atoms with E-state index < -0.39 is 0 Å². The molecule has 1 fully saturated rings. The maximum atomic E-state index is 13.5. The summed E-state index contributed by atoms with van der Waals surface area (Å²) in [5.74, 6) is -0.162. The molecule has 2 heterocycles. The van der Waals surface area contributed by atoms with Gasteiger partial charge in [0, 0.05) is 11.9 Å². The lowest BCUT2D eigenvalue weighted by Gasteiger charge is -2.36. The third-order valence-electron chi connectivity index (χ3n) is 4.06. The number of hydrogen-bond donors (Lipinski definition) is 0. The highest BCUT2D eigenvalue weighted by molar-refractivity contribution is 7.09. The second-order valence-corrected chi connectivity index (χ2v) is 6.75. The molecule has 0 N–H and O–H groups in total. The number of carbonyl (C=O) groups excluding carboxylic acids is 1. The van der Waals surface area contributed by atoms with Crippen LogP contribution in [0.15, 0.2) is 29.6 Å². The quantitative estimate of drug-likeness (QED) is 0.860. The lowest BCUT2D eigenvalue weighted by Crippen LogP contribution is -2.39. The molecule has 5 heteroatoms. The molecule has 2 aromatic rings. The number of carbonyl (C=O) groups is 1. The zero-order chi connectivity index (χ0) is 15.5. The van der Waals surface area contributed by atoms with Crippen LogP contribution < -0.4 is 0 Å². The average Bonchev–Trinajstić information content (AvgIpc) is 2.92. The number of amides is 1. The molecule has 0 saturated carbocycles. The number of thiazole rings is 1. The summed E-state index contributed by atoms with van der Waals surface area (Å²) in [5.41, 5.74) is 1.72. The summed E-state index contributed by atoms with van der Waals surface area (Å²) < 4.78 is 13.5. The Hall–Kier alpha value is -1.75. The molecular formula is C17H19FN2OS. The first-order chi connectivity index (χ1) is 10.6. The number of likely N-dealkylation sites (tertiary alicyclic amines) is 1. The van der Waals surface area contributed by atoms with Crippen molar-refractivity contribution < 1.29 is 9.18 Å². The first kappa shape index (κ1) is 15.2. The number of rotatable bonds is 3. The minimum Gasteiger partial charge on any atom is -0.335 e. The Balaban J connectivity index is 1.78. The highest BCUT2D eigenvalue weighted by atomic mass is 32.1. The monoisotopic (exact) mass is 318 g/mol. The van der Waals surface area contributed by atoms with E-state index >= 15 is 0 Å². The van der Waals surface area contributed by atoms with Gasteiger partial charge >= 0.3 is 0 Å². The highest BCUT2D eigenvalue weighted by Gasteiger charge is 2.28. The molecule has 3 rings (SSSR count). The van der Waals surface area contributed by atoms with Gasteiger partial charge in [0.05, 0.1) is 23.2 Å². The van der Waals surface area contributed by atoms with Gasteiger partial charge in [-0.3, -0.25) is 4.79 Å². The van der Waals surface area contributed by atoms with Gasteiger partial charge in [-0.25, -0.2) is 9.37 Å². The largest absolute Gasteiger partial charge is 0.335 e. The molecule has 3 nitrogen and oxygen atoms in total. The zero-order valence-corrected chi connectivity index (χ0v) is 13.4. The van der Waals surface area contributed by atoms with Gasteiger partial charge in [-0.05, 0) is 43.9 Å². The van der Waals surface area contributed by atoms with Gasteiger partial charge in [0.25, 0.3) is 0 Å². The van der Waals surface area contributed by atoms with Crippen LogP contribution in [0.5, 0.6) is 0 Å². The maximum Gasteiger partial charge on any atom is 0.229 e. The average molecular weight is 318 g/mol. The Morgan fingerprint density at radius 1 is 1.45 bits per heavy atom. The maximum absolute atomic E-state index is 13.5. The van der Waals surface area contributed by atoms with E-state index in [1.165, 1.54) is 6.07 Å². The van der Waals surface area contributed by atoms with Crippen molar-refractivity contribution in [1.82, 2.24) is 9.88 Å². The predicted molar refractivity (Wildman–Crippen MR) is 85.3 cm³/mol. The zero-order valence-electron chi connectivity index (χ0n) is 12.6. The van der Waals surface area contributed by atoms with Gasteiger partial charge in [0.2, 0.25) is 5.91 Å². The molecule has 1 atom stereocenters. The number of aryl methyl sites for hydroxylation is 1. The number of benzene rings is 1. The molecule has 0 bridgehead atoms. The molecule has 0 unspecified atom stereocenters. The fourth-order valence-corrected chi connectivity index (χ4v) is 3.65. The SMILES string of the molecule is Cc1nc(CC(=O)N2CCCC[C@H]2c2cccc(F)c2)cs1. The molecule has 1 saturated heterocycles. The second-order valence-electron chi connectivity index (χ2n) is 5.69. The molecule has 0 aliphatic carbocycles. The first-order valence-corrected chi connectivity index (χ1v) is 8.47. The van der Waals surface area contributed by atoms with E-state index in [0.29, 0.717) is 6.42 Å². The number of piperidine rings is 1. The van der Waals surface area contributed by atoms with E-state index in [1.807, 2.05) is 23.3 Å². The number of hydrogen-bond acceptors (Lipinski definition) is 3. The molecule has 22 heavy (non-hydrogen) atoms. The number of nitrogens with zero attached hydrogens (tertiary/aromatic N) is 2. The van der Waals surface area contributed by atoms with Crippen LogP contribution in [-0.2, 0) is 11.2 Å². The number of halogens is 1. The van der Waals surface area contributed by atoms with Crippen molar-refractivity contribution in [2.24, 2.45) is 0 Å². The van der Waals surface area contributed by atoms with E-state index in [2.05, 4.69) is 4.98 Å². The summed E-state index contributed by atoms with van der Waals surface area (Å²) >= 11 is 1.56. The van der Waals surface area contributed by atoms with Crippen LogP contribution >= 0.6 is 11.3 Å². The van der Waals surface area contributed by atoms with Crippen molar-refractivity contribution in [3.8, 4) is 0 Å². The molecule has 0 spiro atoms. The molecule has 1 aromatic heterocycles. The molecule has 116 valence electrons. The summed E-state index contributed by atoms with van der Waals surface area (Å²) in [6.45, 7) is 2.68.